The molecular weight excluding hydrogens is 264 g/mol. The number of carbonyl (C=O) groups excluding carboxylic acids is 2. The Morgan fingerprint density at radius 3 is 1.80 bits per heavy atom. The van der Waals surface area contributed by atoms with E-state index in [2.05, 4.69) is 0 Å². The van der Waals surface area contributed by atoms with E-state index in [0.717, 1.165) is 25.7 Å². The minimum atomic E-state index is -0.557. The number of hydrogen-bond donors (Lipinski definition) is 1. The van der Waals surface area contributed by atoms with Crippen LogP contribution in [0.2, 0.25) is 0 Å². The fourth-order valence-corrected chi connectivity index (χ4v) is 1.51. The van der Waals surface area contributed by atoms with Crippen LogP contribution in [0.3, 0.4) is 0 Å². The summed E-state index contributed by atoms with van der Waals surface area (Å²) in [4.78, 5) is 22.6. The van der Waals surface area contributed by atoms with Gasteiger partial charge in [-0.15, -0.1) is 0 Å². The summed E-state index contributed by atoms with van der Waals surface area (Å²) in [5.41, 5.74) is 0. The molecule has 0 aliphatic rings. The average molecular weight is 290 g/mol. The minimum Gasteiger partial charge on any atom is -0.465 e. The van der Waals surface area contributed by atoms with Gasteiger partial charge in [-0.1, -0.05) is 0 Å². The van der Waals surface area contributed by atoms with Crippen LogP contribution in [0.25, 0.3) is 0 Å². The molecule has 0 aromatic rings. The molecule has 0 aromatic heterocycles. The zero-order valence-electron chi connectivity index (χ0n) is 12.3. The van der Waals surface area contributed by atoms with E-state index in [0.29, 0.717) is 26.1 Å². The topological polar surface area (TPSA) is 82.1 Å². The number of hydrogen-bond acceptors (Lipinski definition) is 6. The molecule has 118 valence electrons. The maximum atomic E-state index is 11.3. The van der Waals surface area contributed by atoms with Gasteiger partial charge in [0.05, 0.1) is 13.2 Å². The number of carbonyl (C=O) groups is 2. The summed E-state index contributed by atoms with van der Waals surface area (Å²) < 4.78 is 14.7. The Morgan fingerprint density at radius 1 is 0.800 bits per heavy atom. The van der Waals surface area contributed by atoms with Crippen LogP contribution in [0.4, 0.5) is 0 Å². The zero-order chi connectivity index (χ0) is 15.1. The van der Waals surface area contributed by atoms with E-state index < -0.39 is 11.9 Å². The molecule has 0 aliphatic carbocycles. The first-order chi connectivity index (χ1) is 9.70. The van der Waals surface area contributed by atoms with Crippen LogP contribution in [0.1, 0.15) is 44.9 Å². The van der Waals surface area contributed by atoms with Crippen LogP contribution >= 0.6 is 0 Å². The summed E-state index contributed by atoms with van der Waals surface area (Å²) in [5, 5.41) is 8.57. The van der Waals surface area contributed by atoms with Crippen LogP contribution in [0.15, 0.2) is 0 Å². The van der Waals surface area contributed by atoms with Gasteiger partial charge in [-0.25, -0.2) is 0 Å². The number of ether oxygens (including phenoxy) is 3. The lowest BCUT2D eigenvalue weighted by molar-refractivity contribution is -0.154. The van der Waals surface area contributed by atoms with Gasteiger partial charge in [0.2, 0.25) is 0 Å². The normalized spacial score (nSPS) is 10.3. The van der Waals surface area contributed by atoms with E-state index in [9.17, 15) is 9.59 Å². The second-order valence-electron chi connectivity index (χ2n) is 4.46. The van der Waals surface area contributed by atoms with E-state index in [1.165, 1.54) is 0 Å². The van der Waals surface area contributed by atoms with Gasteiger partial charge in [-0.3, -0.25) is 9.59 Å². The van der Waals surface area contributed by atoms with Crippen molar-refractivity contribution >= 4 is 11.9 Å². The Labute approximate surface area is 120 Å². The first kappa shape index (κ1) is 18.9. The van der Waals surface area contributed by atoms with Crippen molar-refractivity contribution in [2.45, 2.75) is 44.9 Å². The van der Waals surface area contributed by atoms with Crippen LogP contribution < -0.4 is 0 Å². The molecule has 0 aliphatic heterocycles. The predicted molar refractivity (Wildman–Crippen MR) is 73.2 cm³/mol. The highest BCUT2D eigenvalue weighted by Crippen LogP contribution is 2.00. The largest absolute Gasteiger partial charge is 0.465 e. The Hall–Kier alpha value is -1.14. The fourth-order valence-electron chi connectivity index (χ4n) is 1.51. The molecule has 0 atom stereocenters. The quantitative estimate of drug-likeness (QED) is 0.314. The van der Waals surface area contributed by atoms with Gasteiger partial charge >= 0.3 is 11.9 Å². The molecule has 0 fully saturated rings. The average Bonchev–Trinajstić information content (AvgIpc) is 2.42. The summed E-state index contributed by atoms with van der Waals surface area (Å²) >= 11 is 0. The minimum absolute atomic E-state index is 0.144. The molecule has 6 heteroatoms. The van der Waals surface area contributed by atoms with Crippen molar-refractivity contribution in [2.75, 3.05) is 33.5 Å². The molecule has 0 bridgehead atoms. The van der Waals surface area contributed by atoms with Crippen molar-refractivity contribution in [1.82, 2.24) is 0 Å². The molecule has 0 saturated heterocycles. The highest BCUT2D eigenvalue weighted by Gasteiger charge is 2.11. The third-order valence-electron chi connectivity index (χ3n) is 2.61. The molecular formula is C14H26O6. The van der Waals surface area contributed by atoms with Crippen LogP contribution in [0.5, 0.6) is 0 Å². The van der Waals surface area contributed by atoms with Gasteiger partial charge in [-0.2, -0.15) is 0 Å². The first-order valence-electron chi connectivity index (χ1n) is 7.11. The molecule has 0 aromatic carbocycles. The number of rotatable bonds is 13. The van der Waals surface area contributed by atoms with Gasteiger partial charge in [0, 0.05) is 20.3 Å². The molecule has 0 heterocycles. The molecule has 0 unspecified atom stereocenters. The van der Waals surface area contributed by atoms with E-state index in [4.69, 9.17) is 19.3 Å². The highest BCUT2D eigenvalue weighted by molar-refractivity contribution is 5.91. The number of methoxy groups -OCH3 is 1. The van der Waals surface area contributed by atoms with Crippen LogP contribution in [0, 0.1) is 0 Å². The maximum Gasteiger partial charge on any atom is 0.317 e. The summed E-state index contributed by atoms with van der Waals surface area (Å²) in [7, 11) is 1.65. The monoisotopic (exact) mass is 290 g/mol. The lowest BCUT2D eigenvalue weighted by Crippen LogP contribution is -2.15. The van der Waals surface area contributed by atoms with Crippen molar-refractivity contribution in [3.8, 4) is 0 Å². The standard InChI is InChI=1S/C14H26O6/c1-18-9-5-3-7-11-20-14(17)12-13(16)19-10-6-2-4-8-15/h15H,2-12H2,1H3. The number of aliphatic hydroxyl groups is 1. The van der Waals surface area contributed by atoms with Gasteiger partial charge < -0.3 is 19.3 Å². The molecule has 0 amide bonds. The molecule has 0 radical (unpaired) electrons. The van der Waals surface area contributed by atoms with Crippen LogP contribution in [-0.4, -0.2) is 50.6 Å². The van der Waals surface area contributed by atoms with Crippen molar-refractivity contribution < 1.29 is 28.9 Å². The molecule has 20 heavy (non-hydrogen) atoms. The number of esters is 2. The Kier molecular flexibility index (Phi) is 13.5. The van der Waals surface area contributed by atoms with Crippen molar-refractivity contribution in [1.29, 1.82) is 0 Å². The number of aliphatic hydroxyl groups excluding tert-OH is 1. The van der Waals surface area contributed by atoms with Crippen molar-refractivity contribution in [3.63, 3.8) is 0 Å². The summed E-state index contributed by atoms with van der Waals surface area (Å²) in [6.45, 7) is 1.46. The summed E-state index contributed by atoms with van der Waals surface area (Å²) in [6.07, 6.45) is 4.49. The third kappa shape index (κ3) is 13.3. The second kappa shape index (κ2) is 14.3. The van der Waals surface area contributed by atoms with Crippen LogP contribution in [-0.2, 0) is 23.8 Å². The maximum absolute atomic E-state index is 11.3. The smallest absolute Gasteiger partial charge is 0.317 e. The molecule has 0 rings (SSSR count). The number of unbranched alkanes of at least 4 members (excludes halogenated alkanes) is 4. The first-order valence-corrected chi connectivity index (χ1v) is 7.11. The van der Waals surface area contributed by atoms with Crippen molar-refractivity contribution in [2.24, 2.45) is 0 Å². The highest BCUT2D eigenvalue weighted by atomic mass is 16.6. The van der Waals surface area contributed by atoms with E-state index >= 15 is 0 Å². The van der Waals surface area contributed by atoms with Gasteiger partial charge in [0.15, 0.2) is 0 Å². The van der Waals surface area contributed by atoms with E-state index in [-0.39, 0.29) is 19.6 Å². The summed E-state index contributed by atoms with van der Waals surface area (Å²) in [6, 6.07) is 0. The Bertz CT molecular complexity index is 254. The van der Waals surface area contributed by atoms with Gasteiger partial charge in [0.1, 0.15) is 6.42 Å². The third-order valence-corrected chi connectivity index (χ3v) is 2.61. The van der Waals surface area contributed by atoms with Gasteiger partial charge in [0.25, 0.3) is 0 Å². The Balaban J connectivity index is 3.38. The zero-order valence-corrected chi connectivity index (χ0v) is 12.3. The molecule has 0 spiro atoms. The summed E-state index contributed by atoms with van der Waals surface area (Å²) in [5.74, 6) is -1.10. The van der Waals surface area contributed by atoms with E-state index in [1.807, 2.05) is 0 Å². The lowest BCUT2D eigenvalue weighted by atomic mass is 10.2. The lowest BCUT2D eigenvalue weighted by Gasteiger charge is -2.06. The molecule has 1 N–H and O–H groups in total. The van der Waals surface area contributed by atoms with Crippen molar-refractivity contribution in [3.05, 3.63) is 0 Å². The SMILES string of the molecule is COCCCCCOC(=O)CC(=O)OCCCCCO. The fraction of sp³-hybridized carbons (Fsp3) is 0.857. The van der Waals surface area contributed by atoms with Gasteiger partial charge in [-0.05, 0) is 38.5 Å². The predicted octanol–water partition coefficient (Wildman–Crippen LogP) is 1.44. The molecule has 6 nitrogen and oxygen atoms in total. The molecule has 0 saturated carbocycles. The second-order valence-corrected chi connectivity index (χ2v) is 4.46. The van der Waals surface area contributed by atoms with E-state index in [1.54, 1.807) is 7.11 Å². The Morgan fingerprint density at radius 2 is 1.30 bits per heavy atom.